The fourth-order valence-electron chi connectivity index (χ4n) is 2.68. The number of carbonyl (C=O) groups excluding carboxylic acids is 1. The molecule has 1 aliphatic heterocycles. The van der Waals surface area contributed by atoms with Crippen molar-refractivity contribution in [3.05, 3.63) is 38.9 Å². The molecule has 0 atom stereocenters. The van der Waals surface area contributed by atoms with Gasteiger partial charge in [-0.05, 0) is 39.2 Å². The zero-order valence-corrected chi connectivity index (χ0v) is 15.0. The molecular weight excluding hydrogens is 310 g/mol. The first-order valence-electron chi connectivity index (χ1n) is 8.06. The highest BCUT2D eigenvalue weighted by atomic mass is 32.1. The Morgan fingerprint density at radius 3 is 2.61 bits per heavy atom. The van der Waals surface area contributed by atoms with Crippen molar-refractivity contribution in [1.82, 2.24) is 9.80 Å². The molecule has 126 valence electrons. The normalized spacial score (nSPS) is 16.4. The number of rotatable bonds is 6. The molecule has 23 heavy (non-hydrogen) atoms. The molecule has 0 saturated carbocycles. The average Bonchev–Trinajstić information content (AvgIpc) is 2.97. The summed E-state index contributed by atoms with van der Waals surface area (Å²) in [6.07, 6.45) is 5.45. The molecule has 1 amide bonds. The first-order chi connectivity index (χ1) is 11.0. The van der Waals surface area contributed by atoms with Gasteiger partial charge in [-0.15, -0.1) is 11.3 Å². The minimum atomic E-state index is 0.0214. The van der Waals surface area contributed by atoms with Crippen molar-refractivity contribution in [3.8, 4) is 0 Å². The van der Waals surface area contributed by atoms with E-state index in [-0.39, 0.29) is 11.9 Å². The van der Waals surface area contributed by atoms with Gasteiger partial charge in [-0.2, -0.15) is 0 Å². The second-order valence-electron chi connectivity index (χ2n) is 6.27. The van der Waals surface area contributed by atoms with Gasteiger partial charge >= 0.3 is 0 Å². The molecule has 1 fully saturated rings. The molecule has 0 N–H and O–H groups in total. The molecule has 2 rings (SSSR count). The zero-order chi connectivity index (χ0) is 16.8. The molecule has 5 nitrogen and oxygen atoms in total. The number of piperidine rings is 1. The molecule has 0 unspecified atom stereocenters. The van der Waals surface area contributed by atoms with Gasteiger partial charge < -0.3 is 9.80 Å². The lowest BCUT2D eigenvalue weighted by atomic mass is 10.0. The Labute approximate surface area is 142 Å². The zero-order valence-electron chi connectivity index (χ0n) is 14.2. The second-order valence-corrected chi connectivity index (χ2v) is 7.55. The van der Waals surface area contributed by atoms with Gasteiger partial charge in [-0.25, -0.2) is 0 Å². The monoisotopic (exact) mass is 336 g/mol. The Balaban J connectivity index is 1.78. The second kappa shape index (κ2) is 8.36. The van der Waals surface area contributed by atoms with Crippen molar-refractivity contribution in [3.63, 3.8) is 0 Å². The largest absolute Gasteiger partial charge is 0.337 e. The summed E-state index contributed by atoms with van der Waals surface area (Å²) in [5, 5.41) is 0. The van der Waals surface area contributed by atoms with Gasteiger partial charge in [0, 0.05) is 47.0 Å². The van der Waals surface area contributed by atoms with Crippen LogP contribution in [0.3, 0.4) is 0 Å². The number of aryl methyl sites for hydroxylation is 1. The summed E-state index contributed by atoms with van der Waals surface area (Å²) in [5.74, 6) is 0.102. The van der Waals surface area contributed by atoms with Gasteiger partial charge in [0.15, 0.2) is 0 Å². The maximum atomic E-state index is 12.4. The topological polar surface area (TPSA) is 43.6 Å². The van der Waals surface area contributed by atoms with E-state index in [1.165, 1.54) is 11.3 Å². The first-order valence-corrected chi connectivity index (χ1v) is 8.88. The molecule has 0 radical (unpaired) electrons. The van der Waals surface area contributed by atoms with Crippen molar-refractivity contribution in [2.24, 2.45) is 0 Å². The molecular formula is C17H26N3O2S+. The van der Waals surface area contributed by atoms with Crippen LogP contribution in [0.25, 0.3) is 0 Å². The van der Waals surface area contributed by atoms with Crippen LogP contribution in [0.15, 0.2) is 24.3 Å². The van der Waals surface area contributed by atoms with Gasteiger partial charge in [0.05, 0.1) is 4.88 Å². The number of hydrogen-bond donors (Lipinski definition) is 0. The van der Waals surface area contributed by atoms with E-state index in [0.717, 1.165) is 33.9 Å². The van der Waals surface area contributed by atoms with E-state index in [1.807, 2.05) is 50.2 Å². The number of likely N-dealkylation sites (tertiary alicyclic amines) is 1. The highest BCUT2D eigenvalue weighted by Crippen LogP contribution is 2.20. The van der Waals surface area contributed by atoms with Gasteiger partial charge in [0.1, 0.15) is 0 Å². The van der Waals surface area contributed by atoms with Crippen molar-refractivity contribution in [2.45, 2.75) is 25.8 Å². The quantitative estimate of drug-likeness (QED) is 0.592. The molecule has 2 heterocycles. The number of carbonyl (C=O) groups is 1. The summed E-state index contributed by atoms with van der Waals surface area (Å²) in [5.41, 5.74) is 0. The summed E-state index contributed by atoms with van der Waals surface area (Å²) < 4.78 is 1.16. The van der Waals surface area contributed by atoms with Crippen LogP contribution in [0.4, 0.5) is 0 Å². The lowest BCUT2D eigenvalue weighted by Crippen LogP contribution is -2.43. The number of hydrogen-bond acceptors (Lipinski definition) is 4. The minimum Gasteiger partial charge on any atom is -0.337 e. The van der Waals surface area contributed by atoms with E-state index < -0.39 is 0 Å². The Bertz CT molecular complexity index is 572. The molecule has 1 aromatic heterocycles. The summed E-state index contributed by atoms with van der Waals surface area (Å²) in [4.78, 5) is 30.4. The van der Waals surface area contributed by atoms with Crippen molar-refractivity contribution >= 4 is 17.2 Å². The van der Waals surface area contributed by atoms with E-state index >= 15 is 0 Å². The lowest BCUT2D eigenvalue weighted by molar-refractivity contribution is -0.580. The third kappa shape index (κ3) is 5.25. The van der Waals surface area contributed by atoms with Gasteiger partial charge in [0.2, 0.25) is 12.6 Å². The summed E-state index contributed by atoms with van der Waals surface area (Å²) in [7, 11) is 4.00. The van der Waals surface area contributed by atoms with Crippen LogP contribution in [-0.2, 0) is 0 Å². The van der Waals surface area contributed by atoms with E-state index in [1.54, 1.807) is 0 Å². The maximum Gasteiger partial charge on any atom is 0.263 e. The Hall–Kier alpha value is -1.53. The summed E-state index contributed by atoms with van der Waals surface area (Å²) >= 11 is 1.54. The molecule has 1 aromatic rings. The maximum absolute atomic E-state index is 12.4. The highest BCUT2D eigenvalue weighted by molar-refractivity contribution is 7.13. The van der Waals surface area contributed by atoms with Crippen LogP contribution in [0, 0.1) is 11.8 Å². The van der Waals surface area contributed by atoms with Crippen molar-refractivity contribution in [1.29, 1.82) is 0 Å². The number of nitrogens with zero attached hydrogens (tertiary/aromatic N) is 3. The number of nitroso groups, excluding NO2 is 1. The van der Waals surface area contributed by atoms with Crippen molar-refractivity contribution < 1.29 is 9.55 Å². The fourth-order valence-corrected chi connectivity index (χ4v) is 3.51. The number of amides is 1. The van der Waals surface area contributed by atoms with Crippen LogP contribution in [0.5, 0.6) is 0 Å². The van der Waals surface area contributed by atoms with Crippen LogP contribution in [-0.4, -0.2) is 66.8 Å². The molecule has 1 saturated heterocycles. The van der Waals surface area contributed by atoms with Gasteiger partial charge in [-0.3, -0.25) is 4.79 Å². The molecule has 1 aliphatic rings. The third-order valence-electron chi connectivity index (χ3n) is 4.03. The predicted octanol–water partition coefficient (Wildman–Crippen LogP) is 2.56. The van der Waals surface area contributed by atoms with Crippen LogP contribution < -0.4 is 0 Å². The van der Waals surface area contributed by atoms with Crippen LogP contribution in [0.2, 0.25) is 0 Å². The Morgan fingerprint density at radius 2 is 2.04 bits per heavy atom. The number of likely N-dealkylation sites (N-methyl/N-ethyl adjacent to an activating group) is 1. The Kier molecular flexibility index (Phi) is 6.47. The summed E-state index contributed by atoms with van der Waals surface area (Å²) in [6.45, 7) is 4.62. The molecule has 0 spiro atoms. The predicted molar refractivity (Wildman–Crippen MR) is 94.2 cm³/mol. The smallest absolute Gasteiger partial charge is 0.263 e. The molecule has 0 aliphatic carbocycles. The fraction of sp³-hybridized carbons (Fsp3) is 0.588. The minimum absolute atomic E-state index is 0.0214. The standard InChI is InChI=1S/C17H26N3O2S/c1-14-6-7-16(23-14)17(21)19-12-8-15(9-13-19)20(22)11-5-4-10-18(2)3/h4-7,15H,8-13H2,1-3H3/q+1/b5-4+. The lowest BCUT2D eigenvalue weighted by Gasteiger charge is -2.27. The Morgan fingerprint density at radius 1 is 1.35 bits per heavy atom. The highest BCUT2D eigenvalue weighted by Gasteiger charge is 2.31. The van der Waals surface area contributed by atoms with Crippen LogP contribution in [0.1, 0.15) is 27.4 Å². The third-order valence-corrected chi connectivity index (χ3v) is 5.02. The van der Waals surface area contributed by atoms with E-state index in [0.29, 0.717) is 19.6 Å². The summed E-state index contributed by atoms with van der Waals surface area (Å²) in [6, 6.07) is 3.89. The van der Waals surface area contributed by atoms with Crippen molar-refractivity contribution in [2.75, 3.05) is 40.3 Å². The molecule has 0 aromatic carbocycles. The van der Waals surface area contributed by atoms with E-state index in [4.69, 9.17) is 0 Å². The number of thiophene rings is 1. The van der Waals surface area contributed by atoms with Crippen LogP contribution >= 0.6 is 11.3 Å². The average molecular weight is 336 g/mol. The van der Waals surface area contributed by atoms with Gasteiger partial charge in [-0.1, -0.05) is 6.08 Å². The first kappa shape index (κ1) is 17.8. The molecule has 6 heteroatoms. The van der Waals surface area contributed by atoms with E-state index in [2.05, 4.69) is 4.90 Å². The SMILES string of the molecule is Cc1ccc(C(=O)N2CCC([N+](=O)C/C=C/CN(C)C)CC2)s1. The van der Waals surface area contributed by atoms with E-state index in [9.17, 15) is 9.70 Å². The molecule has 0 bridgehead atoms. The van der Waals surface area contributed by atoms with Gasteiger partial charge in [0.25, 0.3) is 5.91 Å².